The van der Waals surface area contributed by atoms with Gasteiger partial charge in [0.2, 0.25) is 11.8 Å². The van der Waals surface area contributed by atoms with Crippen molar-refractivity contribution in [3.63, 3.8) is 0 Å². The Morgan fingerprint density at radius 2 is 1.69 bits per heavy atom. The topological polar surface area (TPSA) is 49.4 Å². The minimum absolute atomic E-state index is 0.134. The molecule has 0 unspecified atom stereocenters. The van der Waals surface area contributed by atoms with E-state index in [2.05, 4.69) is 5.32 Å². The van der Waals surface area contributed by atoms with E-state index in [1.807, 2.05) is 24.3 Å². The number of hydrogen-bond acceptors (Lipinski definition) is 2. The number of anilines is 2. The standard InChI is InChI=1S/C20H18Cl2N2O2/c21-14-7-3-8-15(22)17(14)23-18(25)20(10-11-20)19(26)24-12-4-6-13-5-1-2-9-16(13)24/h1-3,5,7-9H,4,6,10-12H2,(H,23,25). The van der Waals surface area contributed by atoms with E-state index >= 15 is 0 Å². The van der Waals surface area contributed by atoms with Gasteiger partial charge in [0.1, 0.15) is 5.41 Å². The first-order valence-electron chi connectivity index (χ1n) is 8.68. The van der Waals surface area contributed by atoms with Gasteiger partial charge in [-0.3, -0.25) is 9.59 Å². The number of aryl methyl sites for hydroxylation is 1. The fourth-order valence-electron chi connectivity index (χ4n) is 3.52. The maximum Gasteiger partial charge on any atom is 0.242 e. The molecule has 26 heavy (non-hydrogen) atoms. The van der Waals surface area contributed by atoms with E-state index in [9.17, 15) is 9.59 Å². The lowest BCUT2D eigenvalue weighted by molar-refractivity contribution is -0.132. The Kier molecular flexibility index (Phi) is 4.41. The molecule has 2 amide bonds. The number of fused-ring (bicyclic) bond motifs is 1. The van der Waals surface area contributed by atoms with E-state index < -0.39 is 5.41 Å². The van der Waals surface area contributed by atoms with Gasteiger partial charge in [-0.05, 0) is 49.4 Å². The van der Waals surface area contributed by atoms with Crippen molar-refractivity contribution < 1.29 is 9.59 Å². The summed E-state index contributed by atoms with van der Waals surface area (Å²) in [5, 5.41) is 3.49. The molecular formula is C20H18Cl2N2O2. The molecule has 2 aromatic rings. The normalized spacial score (nSPS) is 17.4. The molecule has 2 aliphatic rings. The molecule has 1 fully saturated rings. The van der Waals surface area contributed by atoms with Crippen molar-refractivity contribution in [2.75, 3.05) is 16.8 Å². The third-order valence-corrected chi connectivity index (χ3v) is 5.78. The molecule has 0 bridgehead atoms. The molecule has 1 aliphatic carbocycles. The first kappa shape index (κ1) is 17.4. The second-order valence-corrected chi connectivity index (χ2v) is 7.64. The third kappa shape index (κ3) is 2.87. The quantitative estimate of drug-likeness (QED) is 0.775. The number of carbonyl (C=O) groups excluding carboxylic acids is 2. The number of para-hydroxylation sites is 2. The summed E-state index contributed by atoms with van der Waals surface area (Å²) >= 11 is 12.3. The lowest BCUT2D eigenvalue weighted by Crippen LogP contribution is -2.45. The predicted octanol–water partition coefficient (Wildman–Crippen LogP) is 4.69. The summed E-state index contributed by atoms with van der Waals surface area (Å²) in [6, 6.07) is 12.9. The van der Waals surface area contributed by atoms with Crippen LogP contribution < -0.4 is 10.2 Å². The van der Waals surface area contributed by atoms with Crippen LogP contribution in [0.1, 0.15) is 24.8 Å². The highest BCUT2D eigenvalue weighted by atomic mass is 35.5. The summed E-state index contributed by atoms with van der Waals surface area (Å²) in [6.45, 7) is 0.637. The number of nitrogens with one attached hydrogen (secondary N) is 1. The fraction of sp³-hybridized carbons (Fsp3) is 0.300. The highest BCUT2D eigenvalue weighted by Gasteiger charge is 2.58. The van der Waals surface area contributed by atoms with Crippen LogP contribution in [0, 0.1) is 5.41 Å². The number of amides is 2. The Morgan fingerprint density at radius 1 is 1.00 bits per heavy atom. The highest BCUT2D eigenvalue weighted by Crippen LogP contribution is 2.50. The van der Waals surface area contributed by atoms with Gasteiger partial charge in [0, 0.05) is 12.2 Å². The van der Waals surface area contributed by atoms with Gasteiger partial charge in [-0.15, -0.1) is 0 Å². The Morgan fingerprint density at radius 3 is 2.38 bits per heavy atom. The van der Waals surface area contributed by atoms with Gasteiger partial charge in [0.25, 0.3) is 0 Å². The molecule has 4 rings (SSSR count). The average Bonchev–Trinajstić information content (AvgIpc) is 3.46. The molecule has 134 valence electrons. The lowest BCUT2D eigenvalue weighted by Gasteiger charge is -2.32. The number of carbonyl (C=O) groups is 2. The van der Waals surface area contributed by atoms with Crippen molar-refractivity contribution in [2.45, 2.75) is 25.7 Å². The van der Waals surface area contributed by atoms with E-state index in [-0.39, 0.29) is 11.8 Å². The highest BCUT2D eigenvalue weighted by molar-refractivity contribution is 6.40. The van der Waals surface area contributed by atoms with Crippen LogP contribution in [0.4, 0.5) is 11.4 Å². The van der Waals surface area contributed by atoms with E-state index in [0.717, 1.165) is 24.1 Å². The van der Waals surface area contributed by atoms with Gasteiger partial charge in [-0.25, -0.2) is 0 Å². The number of hydrogen-bond donors (Lipinski definition) is 1. The molecule has 6 heteroatoms. The van der Waals surface area contributed by atoms with Crippen LogP contribution in [0.15, 0.2) is 42.5 Å². The summed E-state index contributed by atoms with van der Waals surface area (Å²) in [7, 11) is 0. The number of nitrogens with zero attached hydrogens (tertiary/aromatic N) is 1. The second-order valence-electron chi connectivity index (χ2n) is 6.82. The van der Waals surface area contributed by atoms with Crippen molar-refractivity contribution in [3.05, 3.63) is 58.1 Å². The van der Waals surface area contributed by atoms with Gasteiger partial charge in [0.15, 0.2) is 0 Å². The maximum atomic E-state index is 13.2. The van der Waals surface area contributed by atoms with Crippen molar-refractivity contribution >= 4 is 46.4 Å². The first-order chi connectivity index (χ1) is 12.5. The molecule has 0 aromatic heterocycles. The molecule has 0 radical (unpaired) electrons. The van der Waals surface area contributed by atoms with Crippen LogP contribution >= 0.6 is 23.2 Å². The smallest absolute Gasteiger partial charge is 0.242 e. The summed E-state index contributed by atoms with van der Waals surface area (Å²) < 4.78 is 0. The molecular weight excluding hydrogens is 371 g/mol. The van der Waals surface area contributed by atoms with Gasteiger partial charge in [-0.2, -0.15) is 0 Å². The van der Waals surface area contributed by atoms with Crippen LogP contribution in [0.3, 0.4) is 0 Å². The monoisotopic (exact) mass is 388 g/mol. The molecule has 1 N–H and O–H groups in total. The predicted molar refractivity (Wildman–Crippen MR) is 104 cm³/mol. The number of halogens is 2. The minimum atomic E-state index is -1.02. The van der Waals surface area contributed by atoms with Crippen molar-refractivity contribution in [1.82, 2.24) is 0 Å². The molecule has 1 saturated carbocycles. The van der Waals surface area contributed by atoms with Crippen LogP contribution in [-0.4, -0.2) is 18.4 Å². The molecule has 1 heterocycles. The molecule has 0 spiro atoms. The van der Waals surface area contributed by atoms with Gasteiger partial charge < -0.3 is 10.2 Å². The van der Waals surface area contributed by atoms with Crippen LogP contribution in [0.2, 0.25) is 10.0 Å². The Hall–Kier alpha value is -2.04. The number of rotatable bonds is 3. The zero-order chi connectivity index (χ0) is 18.3. The van der Waals surface area contributed by atoms with E-state index in [1.165, 1.54) is 0 Å². The molecule has 0 saturated heterocycles. The molecule has 2 aromatic carbocycles. The Labute approximate surface area is 162 Å². The first-order valence-corrected chi connectivity index (χ1v) is 9.44. The molecule has 1 aliphatic heterocycles. The SMILES string of the molecule is O=C(Nc1c(Cl)cccc1Cl)C1(C(=O)N2CCCc3ccccc32)CC1. The lowest BCUT2D eigenvalue weighted by atomic mass is 9.97. The van der Waals surface area contributed by atoms with Crippen LogP contribution in [0.5, 0.6) is 0 Å². The zero-order valence-electron chi connectivity index (χ0n) is 14.1. The van der Waals surface area contributed by atoms with E-state index in [4.69, 9.17) is 23.2 Å². The Bertz CT molecular complexity index is 873. The van der Waals surface area contributed by atoms with E-state index in [1.54, 1.807) is 23.1 Å². The van der Waals surface area contributed by atoms with Crippen molar-refractivity contribution in [3.8, 4) is 0 Å². The maximum absolute atomic E-state index is 13.2. The second kappa shape index (κ2) is 6.60. The largest absolute Gasteiger partial charge is 0.323 e. The van der Waals surface area contributed by atoms with Crippen molar-refractivity contribution in [2.24, 2.45) is 5.41 Å². The van der Waals surface area contributed by atoms with Crippen LogP contribution in [-0.2, 0) is 16.0 Å². The summed E-state index contributed by atoms with van der Waals surface area (Å²) in [5.41, 5.74) is 1.41. The summed E-state index contributed by atoms with van der Waals surface area (Å²) in [6.07, 6.45) is 2.93. The van der Waals surface area contributed by atoms with E-state index in [0.29, 0.717) is 35.1 Å². The molecule has 0 atom stereocenters. The van der Waals surface area contributed by atoms with Gasteiger partial charge >= 0.3 is 0 Å². The third-order valence-electron chi connectivity index (χ3n) is 5.15. The zero-order valence-corrected chi connectivity index (χ0v) is 15.6. The molecule has 4 nitrogen and oxygen atoms in total. The average molecular weight is 389 g/mol. The van der Waals surface area contributed by atoms with Crippen molar-refractivity contribution in [1.29, 1.82) is 0 Å². The van der Waals surface area contributed by atoms with Crippen LogP contribution in [0.25, 0.3) is 0 Å². The number of benzene rings is 2. The summed E-state index contributed by atoms with van der Waals surface area (Å²) in [5.74, 6) is -0.467. The van der Waals surface area contributed by atoms with Gasteiger partial charge in [-0.1, -0.05) is 47.5 Å². The van der Waals surface area contributed by atoms with Gasteiger partial charge in [0.05, 0.1) is 15.7 Å². The Balaban J connectivity index is 1.60. The minimum Gasteiger partial charge on any atom is -0.323 e. The summed E-state index contributed by atoms with van der Waals surface area (Å²) in [4.78, 5) is 27.9. The fourth-order valence-corrected chi connectivity index (χ4v) is 4.01.